The maximum absolute atomic E-state index is 11.4. The van der Waals surface area contributed by atoms with E-state index in [1.807, 2.05) is 4.90 Å². The first kappa shape index (κ1) is 12.3. The Hall–Kier alpha value is -0.730. The molecular weight excluding hydrogens is 190 g/mol. The fraction of sp³-hybridized carbons (Fsp3) is 0.917. The molecule has 0 bridgehead atoms. The zero-order valence-electron chi connectivity index (χ0n) is 10.00. The Morgan fingerprint density at radius 3 is 2.87 bits per heavy atom. The lowest BCUT2D eigenvalue weighted by Gasteiger charge is -2.31. The Bertz CT molecular complexity index is 194. The molecular formula is C12H23NO2. The van der Waals surface area contributed by atoms with Crippen molar-refractivity contribution in [2.45, 2.75) is 58.4 Å². The lowest BCUT2D eigenvalue weighted by atomic mass is 10.1. The molecule has 0 radical (unpaired) electrons. The van der Waals surface area contributed by atoms with Gasteiger partial charge in [-0.05, 0) is 19.8 Å². The molecule has 0 N–H and O–H groups in total. The summed E-state index contributed by atoms with van der Waals surface area (Å²) in [5, 5.41) is 0. The van der Waals surface area contributed by atoms with E-state index in [1.165, 1.54) is 25.7 Å². The van der Waals surface area contributed by atoms with Crippen molar-refractivity contribution in [1.82, 2.24) is 4.90 Å². The SMILES string of the molecule is CCCCCCC(C)N1CCCOC1=O. The Morgan fingerprint density at radius 2 is 2.20 bits per heavy atom. The average molecular weight is 213 g/mol. The van der Waals surface area contributed by atoms with Crippen LogP contribution in [0.25, 0.3) is 0 Å². The van der Waals surface area contributed by atoms with Gasteiger partial charge in [0.05, 0.1) is 6.61 Å². The number of nitrogens with zero attached hydrogens (tertiary/aromatic N) is 1. The maximum Gasteiger partial charge on any atom is 0.409 e. The van der Waals surface area contributed by atoms with Gasteiger partial charge in [0.2, 0.25) is 0 Å². The minimum atomic E-state index is -0.121. The summed E-state index contributed by atoms with van der Waals surface area (Å²) in [6, 6.07) is 0.342. The number of hydrogen-bond donors (Lipinski definition) is 0. The van der Waals surface area contributed by atoms with Gasteiger partial charge in [-0.15, -0.1) is 0 Å². The van der Waals surface area contributed by atoms with Gasteiger partial charge in [0.1, 0.15) is 0 Å². The van der Waals surface area contributed by atoms with E-state index in [-0.39, 0.29) is 6.09 Å². The van der Waals surface area contributed by atoms with Gasteiger partial charge in [-0.25, -0.2) is 4.79 Å². The van der Waals surface area contributed by atoms with E-state index in [4.69, 9.17) is 4.74 Å². The van der Waals surface area contributed by atoms with E-state index in [9.17, 15) is 4.79 Å². The molecule has 0 spiro atoms. The molecule has 0 aromatic rings. The van der Waals surface area contributed by atoms with Crippen molar-refractivity contribution < 1.29 is 9.53 Å². The van der Waals surface area contributed by atoms with Gasteiger partial charge in [0.15, 0.2) is 0 Å². The minimum Gasteiger partial charge on any atom is -0.449 e. The first-order chi connectivity index (χ1) is 7.25. The summed E-state index contributed by atoms with van der Waals surface area (Å²) < 4.78 is 5.03. The van der Waals surface area contributed by atoms with Crippen LogP contribution in [0.3, 0.4) is 0 Å². The van der Waals surface area contributed by atoms with E-state index >= 15 is 0 Å². The fourth-order valence-electron chi connectivity index (χ4n) is 1.99. The second-order valence-electron chi connectivity index (χ2n) is 4.36. The third kappa shape index (κ3) is 4.10. The minimum absolute atomic E-state index is 0.121. The predicted octanol–water partition coefficient (Wildman–Crippen LogP) is 3.19. The fourth-order valence-corrected chi connectivity index (χ4v) is 1.99. The number of ether oxygens (including phenoxy) is 1. The monoisotopic (exact) mass is 213 g/mol. The normalized spacial score (nSPS) is 18.8. The number of rotatable bonds is 6. The maximum atomic E-state index is 11.4. The number of carbonyl (C=O) groups excluding carboxylic acids is 1. The average Bonchev–Trinajstić information content (AvgIpc) is 2.25. The van der Waals surface area contributed by atoms with Crippen molar-refractivity contribution in [2.75, 3.05) is 13.2 Å². The topological polar surface area (TPSA) is 29.5 Å². The molecule has 0 aromatic carbocycles. The summed E-state index contributed by atoms with van der Waals surface area (Å²) in [5.41, 5.74) is 0. The molecule has 1 amide bonds. The molecule has 1 unspecified atom stereocenters. The quantitative estimate of drug-likeness (QED) is 0.634. The molecule has 1 fully saturated rings. The van der Waals surface area contributed by atoms with Crippen LogP contribution in [-0.4, -0.2) is 30.2 Å². The number of carbonyl (C=O) groups is 1. The standard InChI is InChI=1S/C12H23NO2/c1-3-4-5-6-8-11(2)13-9-7-10-15-12(13)14/h11H,3-10H2,1-2H3. The summed E-state index contributed by atoms with van der Waals surface area (Å²) in [6.07, 6.45) is 7.03. The molecule has 3 heteroatoms. The molecule has 1 aliphatic rings. The van der Waals surface area contributed by atoms with E-state index in [2.05, 4.69) is 13.8 Å². The van der Waals surface area contributed by atoms with Crippen LogP contribution in [0, 0.1) is 0 Å². The molecule has 0 aromatic heterocycles. The van der Waals surface area contributed by atoms with Crippen LogP contribution in [-0.2, 0) is 4.74 Å². The largest absolute Gasteiger partial charge is 0.449 e. The van der Waals surface area contributed by atoms with Crippen molar-refractivity contribution >= 4 is 6.09 Å². The number of amides is 1. The van der Waals surface area contributed by atoms with Crippen LogP contribution in [0.5, 0.6) is 0 Å². The van der Waals surface area contributed by atoms with E-state index in [1.54, 1.807) is 0 Å². The molecule has 1 saturated heterocycles. The van der Waals surface area contributed by atoms with Crippen LogP contribution in [0.2, 0.25) is 0 Å². The van der Waals surface area contributed by atoms with Crippen molar-refractivity contribution in [3.63, 3.8) is 0 Å². The van der Waals surface area contributed by atoms with Crippen LogP contribution in [0.1, 0.15) is 52.4 Å². The van der Waals surface area contributed by atoms with Gasteiger partial charge in [-0.1, -0.05) is 32.6 Å². The van der Waals surface area contributed by atoms with Gasteiger partial charge in [0, 0.05) is 12.6 Å². The Morgan fingerprint density at radius 1 is 1.40 bits per heavy atom. The van der Waals surface area contributed by atoms with E-state index in [0.717, 1.165) is 19.4 Å². The van der Waals surface area contributed by atoms with Crippen LogP contribution in [0.15, 0.2) is 0 Å². The van der Waals surface area contributed by atoms with Gasteiger partial charge < -0.3 is 9.64 Å². The summed E-state index contributed by atoms with van der Waals surface area (Å²) in [4.78, 5) is 13.3. The smallest absolute Gasteiger partial charge is 0.409 e. The Balaban J connectivity index is 2.19. The second kappa shape index (κ2) is 6.70. The lowest BCUT2D eigenvalue weighted by molar-refractivity contribution is 0.0562. The van der Waals surface area contributed by atoms with Crippen LogP contribution < -0.4 is 0 Å². The molecule has 0 aliphatic carbocycles. The van der Waals surface area contributed by atoms with Gasteiger partial charge in [-0.3, -0.25) is 0 Å². The summed E-state index contributed by atoms with van der Waals surface area (Å²) in [5.74, 6) is 0. The first-order valence-corrected chi connectivity index (χ1v) is 6.19. The van der Waals surface area contributed by atoms with Gasteiger partial charge >= 0.3 is 6.09 Å². The highest BCUT2D eigenvalue weighted by atomic mass is 16.6. The molecule has 88 valence electrons. The molecule has 1 heterocycles. The molecule has 1 aliphatic heterocycles. The van der Waals surface area contributed by atoms with Crippen molar-refractivity contribution in [2.24, 2.45) is 0 Å². The summed E-state index contributed by atoms with van der Waals surface area (Å²) in [6.45, 7) is 5.80. The summed E-state index contributed by atoms with van der Waals surface area (Å²) >= 11 is 0. The number of cyclic esters (lactones) is 1. The lowest BCUT2D eigenvalue weighted by Crippen LogP contribution is -2.43. The number of unbranched alkanes of at least 4 members (excludes halogenated alkanes) is 3. The molecule has 3 nitrogen and oxygen atoms in total. The first-order valence-electron chi connectivity index (χ1n) is 6.19. The highest BCUT2D eigenvalue weighted by Crippen LogP contribution is 2.14. The van der Waals surface area contributed by atoms with E-state index in [0.29, 0.717) is 12.6 Å². The van der Waals surface area contributed by atoms with Crippen molar-refractivity contribution in [3.05, 3.63) is 0 Å². The highest BCUT2D eigenvalue weighted by Gasteiger charge is 2.23. The zero-order valence-corrected chi connectivity index (χ0v) is 10.00. The van der Waals surface area contributed by atoms with Crippen molar-refractivity contribution in [3.8, 4) is 0 Å². The highest BCUT2D eigenvalue weighted by molar-refractivity contribution is 5.68. The Kier molecular flexibility index (Phi) is 5.51. The van der Waals surface area contributed by atoms with Crippen LogP contribution in [0.4, 0.5) is 4.79 Å². The molecule has 1 rings (SSSR count). The third-order valence-corrected chi connectivity index (χ3v) is 3.01. The third-order valence-electron chi connectivity index (χ3n) is 3.01. The summed E-state index contributed by atoms with van der Waals surface area (Å²) in [7, 11) is 0. The van der Waals surface area contributed by atoms with Gasteiger partial charge in [-0.2, -0.15) is 0 Å². The molecule has 15 heavy (non-hydrogen) atoms. The Labute approximate surface area is 92.8 Å². The molecule has 0 saturated carbocycles. The van der Waals surface area contributed by atoms with E-state index < -0.39 is 0 Å². The van der Waals surface area contributed by atoms with Crippen molar-refractivity contribution in [1.29, 1.82) is 0 Å². The second-order valence-corrected chi connectivity index (χ2v) is 4.36. The predicted molar refractivity (Wildman–Crippen MR) is 60.9 cm³/mol. The number of hydrogen-bond acceptors (Lipinski definition) is 2. The van der Waals surface area contributed by atoms with Gasteiger partial charge in [0.25, 0.3) is 0 Å². The molecule has 1 atom stereocenters. The van der Waals surface area contributed by atoms with Crippen LogP contribution >= 0.6 is 0 Å². The zero-order chi connectivity index (χ0) is 11.1.